The maximum Gasteiger partial charge on any atom is 0.269 e. The van der Waals surface area contributed by atoms with Gasteiger partial charge in [-0.1, -0.05) is 39.0 Å². The smallest absolute Gasteiger partial charge is 0.269 e. The van der Waals surface area contributed by atoms with Gasteiger partial charge in [-0.15, -0.1) is 0 Å². The number of rotatable bonds is 10. The Kier molecular flexibility index (Phi) is 8.43. The molecule has 20 heavy (non-hydrogen) atoms. The van der Waals surface area contributed by atoms with Crippen LogP contribution in [0.25, 0.3) is 0 Å². The summed E-state index contributed by atoms with van der Waals surface area (Å²) in [6, 6.07) is 3.71. The van der Waals surface area contributed by atoms with E-state index in [1.807, 2.05) is 19.1 Å². The minimum Gasteiger partial charge on any atom is -0.385 e. The van der Waals surface area contributed by atoms with E-state index in [4.69, 9.17) is 0 Å². The topological polar surface area (TPSA) is 54.0 Å². The minimum absolute atomic E-state index is 0.115. The second kappa shape index (κ2) is 10.2. The molecule has 0 radical (unpaired) electrons. The van der Waals surface area contributed by atoms with Crippen molar-refractivity contribution >= 4 is 11.6 Å². The van der Waals surface area contributed by atoms with Gasteiger partial charge >= 0.3 is 0 Å². The summed E-state index contributed by atoms with van der Waals surface area (Å²) in [5.74, 6) is -0.115. The fourth-order valence-corrected chi connectivity index (χ4v) is 2.05. The number of anilines is 1. The number of hydrogen-bond donors (Lipinski definition) is 2. The van der Waals surface area contributed by atoms with Crippen molar-refractivity contribution < 1.29 is 4.79 Å². The summed E-state index contributed by atoms with van der Waals surface area (Å²) < 4.78 is 0. The third-order valence-corrected chi connectivity index (χ3v) is 3.19. The molecule has 1 rings (SSSR count). The quantitative estimate of drug-likeness (QED) is 0.642. The number of unbranched alkanes of at least 4 members (excludes halogenated alkanes) is 5. The average Bonchev–Trinajstić information content (AvgIpc) is 2.47. The van der Waals surface area contributed by atoms with Gasteiger partial charge in [0.25, 0.3) is 5.91 Å². The van der Waals surface area contributed by atoms with Crippen LogP contribution in [0.3, 0.4) is 0 Å². The number of nitrogens with one attached hydrogen (secondary N) is 2. The van der Waals surface area contributed by atoms with Crippen molar-refractivity contribution in [3.8, 4) is 0 Å². The van der Waals surface area contributed by atoms with Crippen LogP contribution < -0.4 is 10.6 Å². The Hall–Kier alpha value is -1.58. The van der Waals surface area contributed by atoms with E-state index in [0.29, 0.717) is 12.2 Å². The van der Waals surface area contributed by atoms with E-state index < -0.39 is 0 Å². The van der Waals surface area contributed by atoms with Crippen LogP contribution >= 0.6 is 0 Å². The van der Waals surface area contributed by atoms with Crippen LogP contribution in [0, 0.1) is 0 Å². The first kappa shape index (κ1) is 16.5. The van der Waals surface area contributed by atoms with Crippen molar-refractivity contribution in [3.05, 3.63) is 24.0 Å². The summed E-state index contributed by atoms with van der Waals surface area (Å²) in [6.07, 6.45) is 9.40. The van der Waals surface area contributed by atoms with Gasteiger partial charge in [-0.2, -0.15) is 0 Å². The molecule has 0 aliphatic rings. The van der Waals surface area contributed by atoms with Crippen molar-refractivity contribution in [1.82, 2.24) is 10.3 Å². The second-order valence-corrected chi connectivity index (χ2v) is 4.98. The van der Waals surface area contributed by atoms with Gasteiger partial charge in [-0.05, 0) is 25.5 Å². The van der Waals surface area contributed by atoms with E-state index in [-0.39, 0.29) is 5.91 Å². The lowest BCUT2D eigenvalue weighted by Crippen LogP contribution is -2.23. The van der Waals surface area contributed by atoms with Crippen molar-refractivity contribution in [1.29, 1.82) is 0 Å². The lowest BCUT2D eigenvalue weighted by atomic mass is 10.1. The Morgan fingerprint density at radius 2 is 1.90 bits per heavy atom. The number of hydrogen-bond acceptors (Lipinski definition) is 3. The van der Waals surface area contributed by atoms with Crippen LogP contribution in [0.4, 0.5) is 5.69 Å². The Balaban J connectivity index is 2.26. The summed E-state index contributed by atoms with van der Waals surface area (Å²) in [4.78, 5) is 15.8. The van der Waals surface area contributed by atoms with E-state index in [2.05, 4.69) is 22.5 Å². The average molecular weight is 277 g/mol. The summed E-state index contributed by atoms with van der Waals surface area (Å²) in [6.45, 7) is 5.71. The first-order valence-electron chi connectivity index (χ1n) is 7.76. The normalized spacial score (nSPS) is 10.3. The van der Waals surface area contributed by atoms with Crippen LogP contribution in [0.5, 0.6) is 0 Å². The van der Waals surface area contributed by atoms with E-state index >= 15 is 0 Å². The van der Waals surface area contributed by atoms with Gasteiger partial charge in [0, 0.05) is 25.0 Å². The molecule has 4 nitrogen and oxygen atoms in total. The zero-order valence-electron chi connectivity index (χ0n) is 12.7. The third-order valence-electron chi connectivity index (χ3n) is 3.19. The number of carbonyl (C=O) groups is 1. The molecule has 0 spiro atoms. The van der Waals surface area contributed by atoms with Gasteiger partial charge in [0.2, 0.25) is 0 Å². The van der Waals surface area contributed by atoms with Gasteiger partial charge in [0.15, 0.2) is 0 Å². The Morgan fingerprint density at radius 1 is 1.15 bits per heavy atom. The van der Waals surface area contributed by atoms with Gasteiger partial charge < -0.3 is 10.6 Å². The van der Waals surface area contributed by atoms with Crippen LogP contribution in [-0.2, 0) is 0 Å². The van der Waals surface area contributed by atoms with Crippen LogP contribution in [-0.4, -0.2) is 24.0 Å². The van der Waals surface area contributed by atoms with E-state index in [1.165, 1.54) is 38.5 Å². The molecule has 1 aromatic heterocycles. The second-order valence-electron chi connectivity index (χ2n) is 4.98. The van der Waals surface area contributed by atoms with Crippen LogP contribution in [0.15, 0.2) is 18.3 Å². The molecule has 1 heterocycles. The Bertz CT molecular complexity index is 393. The molecule has 0 saturated carbocycles. The molecule has 0 fully saturated rings. The fraction of sp³-hybridized carbons (Fsp3) is 0.625. The molecule has 112 valence electrons. The summed E-state index contributed by atoms with van der Waals surface area (Å²) >= 11 is 0. The highest BCUT2D eigenvalue weighted by Gasteiger charge is 2.05. The molecule has 2 N–H and O–H groups in total. The van der Waals surface area contributed by atoms with Crippen LogP contribution in [0.1, 0.15) is 62.9 Å². The predicted octanol–water partition coefficient (Wildman–Crippen LogP) is 3.60. The monoisotopic (exact) mass is 277 g/mol. The number of aromatic nitrogens is 1. The molecule has 0 aliphatic heterocycles. The maximum atomic E-state index is 11.7. The lowest BCUT2D eigenvalue weighted by Gasteiger charge is -2.08. The van der Waals surface area contributed by atoms with Gasteiger partial charge in [0.05, 0.1) is 0 Å². The maximum absolute atomic E-state index is 11.7. The van der Waals surface area contributed by atoms with Gasteiger partial charge in [-0.25, -0.2) is 0 Å². The highest BCUT2D eigenvalue weighted by molar-refractivity contribution is 5.93. The first-order valence-corrected chi connectivity index (χ1v) is 7.76. The number of carbonyl (C=O) groups excluding carboxylic acids is 1. The zero-order chi connectivity index (χ0) is 14.6. The highest BCUT2D eigenvalue weighted by Crippen LogP contribution is 2.09. The lowest BCUT2D eigenvalue weighted by molar-refractivity contribution is 0.0951. The number of nitrogens with zero attached hydrogens (tertiary/aromatic N) is 1. The predicted molar refractivity (Wildman–Crippen MR) is 84.1 cm³/mol. The first-order chi connectivity index (χ1) is 9.77. The Morgan fingerprint density at radius 3 is 2.65 bits per heavy atom. The molecule has 1 aromatic rings. The SMILES string of the molecule is CCCCCCCCNc1ccnc(C(=O)NCC)c1. The van der Waals surface area contributed by atoms with Crippen molar-refractivity contribution in [2.75, 3.05) is 18.4 Å². The zero-order valence-corrected chi connectivity index (χ0v) is 12.7. The summed E-state index contributed by atoms with van der Waals surface area (Å²) in [5, 5.41) is 6.11. The molecule has 4 heteroatoms. The molecule has 0 unspecified atom stereocenters. The van der Waals surface area contributed by atoms with Crippen LogP contribution in [0.2, 0.25) is 0 Å². The molecule has 0 aliphatic carbocycles. The third kappa shape index (κ3) is 6.55. The van der Waals surface area contributed by atoms with E-state index in [1.54, 1.807) is 6.20 Å². The molecule has 0 bridgehead atoms. The molecular formula is C16H27N3O. The van der Waals surface area contributed by atoms with Crippen molar-refractivity contribution in [2.24, 2.45) is 0 Å². The molecule has 0 saturated heterocycles. The van der Waals surface area contributed by atoms with Gasteiger partial charge in [0.1, 0.15) is 5.69 Å². The largest absolute Gasteiger partial charge is 0.385 e. The standard InChI is InChI=1S/C16H27N3O/c1-3-5-6-7-8-9-11-18-14-10-12-19-15(13-14)16(20)17-4-2/h10,12-13H,3-9,11H2,1-2H3,(H,17,20)(H,18,19). The minimum atomic E-state index is -0.115. The Labute approximate surface area is 122 Å². The number of amides is 1. The van der Waals surface area contributed by atoms with Crippen molar-refractivity contribution in [2.45, 2.75) is 52.4 Å². The summed E-state index contributed by atoms with van der Waals surface area (Å²) in [7, 11) is 0. The van der Waals surface area contributed by atoms with E-state index in [9.17, 15) is 4.79 Å². The fourth-order valence-electron chi connectivity index (χ4n) is 2.05. The summed E-state index contributed by atoms with van der Waals surface area (Å²) in [5.41, 5.74) is 1.44. The van der Waals surface area contributed by atoms with Gasteiger partial charge in [-0.3, -0.25) is 9.78 Å². The van der Waals surface area contributed by atoms with Crippen molar-refractivity contribution in [3.63, 3.8) is 0 Å². The number of pyridine rings is 1. The molecular weight excluding hydrogens is 250 g/mol. The van der Waals surface area contributed by atoms with E-state index in [0.717, 1.165) is 12.2 Å². The molecule has 1 amide bonds. The molecule has 0 aromatic carbocycles. The highest BCUT2D eigenvalue weighted by atomic mass is 16.1. The molecule has 0 atom stereocenters.